The van der Waals surface area contributed by atoms with Crippen LogP contribution in [-0.4, -0.2) is 35.9 Å². The molecule has 28 heavy (non-hydrogen) atoms. The Bertz CT molecular complexity index is 789. The number of carbonyl (C=O) groups excluding carboxylic acids is 1. The summed E-state index contributed by atoms with van der Waals surface area (Å²) in [5.74, 6) is 1.27. The summed E-state index contributed by atoms with van der Waals surface area (Å²) in [6.07, 6.45) is 11.9. The molecule has 3 rings (SSSR count). The van der Waals surface area contributed by atoms with E-state index in [1.165, 1.54) is 12.0 Å². The number of allylic oxidation sites excluding steroid dienone is 4. The topological polar surface area (TPSA) is 41.9 Å². The molecule has 2 aliphatic rings. The van der Waals surface area contributed by atoms with Crippen LogP contribution in [0.3, 0.4) is 0 Å². The average molecular weight is 379 g/mol. The molecule has 0 N–H and O–H groups in total. The number of esters is 1. The minimum Gasteiger partial charge on any atom is -0.461 e. The maximum atomic E-state index is 12.7. The predicted molar refractivity (Wildman–Crippen MR) is 114 cm³/mol. The Balaban J connectivity index is 1.74. The zero-order valence-corrected chi connectivity index (χ0v) is 16.9. The number of hydrogen-bond acceptors (Lipinski definition) is 4. The molecular weight excluding hydrogens is 348 g/mol. The molecule has 1 aromatic rings. The van der Waals surface area contributed by atoms with Crippen LogP contribution in [0.1, 0.15) is 43.7 Å². The Hall–Kier alpha value is -2.62. The number of ether oxygens (including phenoxy) is 1. The van der Waals surface area contributed by atoms with Gasteiger partial charge < -0.3 is 9.64 Å². The van der Waals surface area contributed by atoms with E-state index in [1.54, 1.807) is 6.08 Å². The van der Waals surface area contributed by atoms with E-state index in [4.69, 9.17) is 9.73 Å². The van der Waals surface area contributed by atoms with Gasteiger partial charge in [-0.15, -0.1) is 0 Å². The molecule has 4 heteroatoms. The fourth-order valence-corrected chi connectivity index (χ4v) is 3.81. The van der Waals surface area contributed by atoms with Crippen molar-refractivity contribution in [3.8, 4) is 0 Å². The van der Waals surface area contributed by atoms with Crippen LogP contribution in [0.15, 0.2) is 65.8 Å². The standard InChI is InChI=1S/C24H30N2O2/c1-4-5-6-9-21-16-25-24(20-13-11-18(2)12-14-20)26(21)17-23(27)28-22-10-7-8-19(3)15-22/h4-6,9,11-14,19,22H,1,7-8,10,15-17H2,2-3H3/b6-5-,21-9+. The van der Waals surface area contributed by atoms with Crippen molar-refractivity contribution in [2.24, 2.45) is 10.9 Å². The van der Waals surface area contributed by atoms with Gasteiger partial charge in [-0.3, -0.25) is 9.79 Å². The van der Waals surface area contributed by atoms with E-state index in [-0.39, 0.29) is 18.6 Å². The quantitative estimate of drug-likeness (QED) is 0.527. The normalized spacial score (nSPS) is 23.9. The van der Waals surface area contributed by atoms with Crippen molar-refractivity contribution in [3.05, 3.63) is 72.0 Å². The first-order valence-corrected chi connectivity index (χ1v) is 10.1. The molecule has 0 saturated heterocycles. The van der Waals surface area contributed by atoms with Crippen molar-refractivity contribution in [1.29, 1.82) is 0 Å². The fraction of sp³-hybridized carbons (Fsp3) is 0.417. The minimum absolute atomic E-state index is 0.0479. The van der Waals surface area contributed by atoms with Gasteiger partial charge in [-0.2, -0.15) is 0 Å². The Labute approximate surface area is 168 Å². The summed E-state index contributed by atoms with van der Waals surface area (Å²) >= 11 is 0. The van der Waals surface area contributed by atoms with Crippen molar-refractivity contribution in [3.63, 3.8) is 0 Å². The van der Waals surface area contributed by atoms with Crippen LogP contribution < -0.4 is 0 Å². The van der Waals surface area contributed by atoms with Gasteiger partial charge in [-0.1, -0.05) is 68.0 Å². The molecule has 2 unspecified atom stereocenters. The van der Waals surface area contributed by atoms with Gasteiger partial charge in [0.05, 0.1) is 6.54 Å². The molecule has 1 aromatic carbocycles. The molecule has 0 radical (unpaired) electrons. The van der Waals surface area contributed by atoms with Crippen LogP contribution in [0.2, 0.25) is 0 Å². The molecule has 2 atom stereocenters. The van der Waals surface area contributed by atoms with Crippen molar-refractivity contribution in [2.45, 2.75) is 45.6 Å². The van der Waals surface area contributed by atoms with E-state index in [2.05, 4.69) is 44.7 Å². The lowest BCUT2D eigenvalue weighted by Crippen LogP contribution is -2.35. The number of carbonyl (C=O) groups is 1. The predicted octanol–water partition coefficient (Wildman–Crippen LogP) is 4.81. The van der Waals surface area contributed by atoms with E-state index < -0.39 is 0 Å². The van der Waals surface area contributed by atoms with Gasteiger partial charge in [-0.25, -0.2) is 0 Å². The first-order valence-electron chi connectivity index (χ1n) is 10.1. The molecule has 1 saturated carbocycles. The molecular formula is C24H30N2O2. The van der Waals surface area contributed by atoms with Gasteiger partial charge in [0.2, 0.25) is 0 Å². The van der Waals surface area contributed by atoms with Crippen LogP contribution in [-0.2, 0) is 9.53 Å². The second-order valence-electron chi connectivity index (χ2n) is 7.75. The van der Waals surface area contributed by atoms with Gasteiger partial charge >= 0.3 is 5.97 Å². The van der Waals surface area contributed by atoms with Crippen LogP contribution >= 0.6 is 0 Å². The third kappa shape index (κ3) is 5.22. The minimum atomic E-state index is -0.181. The molecule has 0 bridgehead atoms. The highest BCUT2D eigenvalue weighted by Crippen LogP contribution is 2.26. The molecule has 1 fully saturated rings. The zero-order valence-electron chi connectivity index (χ0n) is 16.9. The number of aliphatic imine (C=N–C) groups is 1. The highest BCUT2D eigenvalue weighted by Gasteiger charge is 2.28. The molecule has 1 aliphatic carbocycles. The van der Waals surface area contributed by atoms with E-state index in [1.807, 2.05) is 23.1 Å². The zero-order chi connectivity index (χ0) is 19.9. The van der Waals surface area contributed by atoms with Crippen LogP contribution in [0.25, 0.3) is 0 Å². The summed E-state index contributed by atoms with van der Waals surface area (Å²) in [7, 11) is 0. The maximum Gasteiger partial charge on any atom is 0.326 e. The summed E-state index contributed by atoms with van der Waals surface area (Å²) in [4.78, 5) is 19.4. The van der Waals surface area contributed by atoms with Crippen LogP contribution in [0.4, 0.5) is 0 Å². The molecule has 0 aromatic heterocycles. The van der Waals surface area contributed by atoms with Gasteiger partial charge in [-0.05, 0) is 38.2 Å². The fourth-order valence-electron chi connectivity index (χ4n) is 3.81. The largest absolute Gasteiger partial charge is 0.461 e. The summed E-state index contributed by atoms with van der Waals surface area (Å²) in [5, 5.41) is 0. The van der Waals surface area contributed by atoms with Crippen molar-refractivity contribution in [1.82, 2.24) is 4.90 Å². The summed E-state index contributed by atoms with van der Waals surface area (Å²) in [6, 6.07) is 8.24. The Morgan fingerprint density at radius 1 is 1.29 bits per heavy atom. The van der Waals surface area contributed by atoms with E-state index in [0.717, 1.165) is 36.4 Å². The van der Waals surface area contributed by atoms with E-state index in [0.29, 0.717) is 12.5 Å². The van der Waals surface area contributed by atoms with Crippen LogP contribution in [0.5, 0.6) is 0 Å². The van der Waals surface area contributed by atoms with Crippen molar-refractivity contribution >= 4 is 11.8 Å². The smallest absolute Gasteiger partial charge is 0.326 e. The summed E-state index contributed by atoms with van der Waals surface area (Å²) in [6.45, 7) is 8.73. The number of benzene rings is 1. The second kappa shape index (κ2) is 9.54. The molecule has 0 amide bonds. The van der Waals surface area contributed by atoms with Gasteiger partial charge in [0.25, 0.3) is 0 Å². The first-order chi connectivity index (χ1) is 13.6. The van der Waals surface area contributed by atoms with E-state index in [9.17, 15) is 4.79 Å². The third-order valence-corrected chi connectivity index (χ3v) is 5.31. The number of nitrogens with zero attached hydrogens (tertiary/aromatic N) is 2. The third-order valence-electron chi connectivity index (χ3n) is 5.31. The van der Waals surface area contributed by atoms with Crippen molar-refractivity contribution < 1.29 is 9.53 Å². The lowest BCUT2D eigenvalue weighted by molar-refractivity contribution is -0.151. The monoisotopic (exact) mass is 378 g/mol. The molecule has 4 nitrogen and oxygen atoms in total. The Morgan fingerprint density at radius 3 is 2.79 bits per heavy atom. The van der Waals surface area contributed by atoms with Crippen LogP contribution in [0, 0.1) is 12.8 Å². The summed E-state index contributed by atoms with van der Waals surface area (Å²) < 4.78 is 5.80. The molecule has 1 aliphatic heterocycles. The average Bonchev–Trinajstić information content (AvgIpc) is 3.05. The highest BCUT2D eigenvalue weighted by molar-refractivity contribution is 6.02. The highest BCUT2D eigenvalue weighted by atomic mass is 16.5. The number of amidine groups is 1. The maximum absolute atomic E-state index is 12.7. The SMILES string of the molecule is C=C/C=C\C=C1/CN=C(c2ccc(C)cc2)N1CC(=O)OC1CCCC(C)C1. The number of aryl methyl sites for hydroxylation is 1. The molecule has 148 valence electrons. The van der Waals surface area contributed by atoms with E-state index >= 15 is 0 Å². The number of rotatable bonds is 6. The van der Waals surface area contributed by atoms with Gasteiger partial charge in [0.1, 0.15) is 18.5 Å². The molecule has 1 heterocycles. The first kappa shape index (κ1) is 20.1. The van der Waals surface area contributed by atoms with Crippen molar-refractivity contribution in [2.75, 3.05) is 13.1 Å². The Morgan fingerprint density at radius 2 is 2.07 bits per heavy atom. The second-order valence-corrected chi connectivity index (χ2v) is 7.75. The number of hydrogen-bond donors (Lipinski definition) is 0. The van der Waals surface area contributed by atoms with Gasteiger partial charge in [0, 0.05) is 11.3 Å². The summed E-state index contributed by atoms with van der Waals surface area (Å²) in [5.41, 5.74) is 3.20. The molecule has 0 spiro atoms. The Kier molecular flexibility index (Phi) is 6.85. The lowest BCUT2D eigenvalue weighted by atomic mass is 9.89. The van der Waals surface area contributed by atoms with Gasteiger partial charge in [0.15, 0.2) is 0 Å². The lowest BCUT2D eigenvalue weighted by Gasteiger charge is -2.28.